The van der Waals surface area contributed by atoms with Crippen molar-refractivity contribution in [3.63, 3.8) is 0 Å². The molecule has 0 aliphatic carbocycles. The molecule has 0 aromatic heterocycles. The number of carboxylic acids is 1. The number of carbonyl (C=O) groups excluding carboxylic acids is 1. The van der Waals surface area contributed by atoms with Gasteiger partial charge >= 0.3 is 5.97 Å². The largest absolute Gasteiger partial charge is 0.486 e. The molecule has 0 saturated heterocycles. The van der Waals surface area contributed by atoms with Gasteiger partial charge < -0.3 is 19.5 Å². The minimum absolute atomic E-state index is 0.0598. The lowest BCUT2D eigenvalue weighted by molar-refractivity contribution is -0.139. The molecule has 1 unspecified atom stereocenters. The summed E-state index contributed by atoms with van der Waals surface area (Å²) >= 11 is 0. The van der Waals surface area contributed by atoms with Crippen LogP contribution in [0.3, 0.4) is 0 Å². The Bertz CT molecular complexity index is 563. The topological polar surface area (TPSA) is 79.3 Å². The van der Waals surface area contributed by atoms with Gasteiger partial charge in [0.15, 0.2) is 17.6 Å². The molecule has 1 atom stereocenters. The summed E-state index contributed by atoms with van der Waals surface area (Å²) in [5, 5.41) is 8.74. The SMILES string of the molecule is CCN(CC1COc2ccccc2O1)C(=O)CN(C)CC(=O)O. The van der Waals surface area contributed by atoms with Crippen LogP contribution in [0.1, 0.15) is 6.92 Å². The molecule has 0 saturated carbocycles. The second-order valence-corrected chi connectivity index (χ2v) is 5.50. The minimum Gasteiger partial charge on any atom is -0.486 e. The zero-order valence-electron chi connectivity index (χ0n) is 13.4. The van der Waals surface area contributed by atoms with E-state index in [1.807, 2.05) is 31.2 Å². The molecule has 126 valence electrons. The number of carboxylic acid groups (broad SMARTS) is 1. The van der Waals surface area contributed by atoms with Crippen molar-refractivity contribution in [3.8, 4) is 11.5 Å². The molecular weight excluding hydrogens is 300 g/mol. The first kappa shape index (κ1) is 17.1. The van der Waals surface area contributed by atoms with E-state index in [0.717, 1.165) is 0 Å². The monoisotopic (exact) mass is 322 g/mol. The molecule has 1 aliphatic rings. The molecule has 7 nitrogen and oxygen atoms in total. The van der Waals surface area contributed by atoms with Crippen LogP contribution in [0, 0.1) is 0 Å². The number of rotatable bonds is 7. The van der Waals surface area contributed by atoms with Gasteiger partial charge in [-0.3, -0.25) is 14.5 Å². The summed E-state index contributed by atoms with van der Waals surface area (Å²) < 4.78 is 11.5. The molecule has 1 heterocycles. The number of aliphatic carboxylic acids is 1. The summed E-state index contributed by atoms with van der Waals surface area (Å²) in [6, 6.07) is 7.42. The number of likely N-dealkylation sites (N-methyl/N-ethyl adjacent to an activating group) is 2. The molecule has 1 aliphatic heterocycles. The van der Waals surface area contributed by atoms with Crippen LogP contribution in [0.15, 0.2) is 24.3 Å². The quantitative estimate of drug-likeness (QED) is 0.796. The number of carbonyl (C=O) groups is 2. The fourth-order valence-corrected chi connectivity index (χ4v) is 2.42. The molecular formula is C16H22N2O5. The summed E-state index contributed by atoms with van der Waals surface area (Å²) in [5.74, 6) is 0.303. The summed E-state index contributed by atoms with van der Waals surface area (Å²) in [6.45, 7) is 3.09. The van der Waals surface area contributed by atoms with E-state index in [0.29, 0.717) is 31.2 Å². The van der Waals surface area contributed by atoms with Crippen molar-refractivity contribution in [1.29, 1.82) is 0 Å². The number of fused-ring (bicyclic) bond motifs is 1. The number of hydrogen-bond donors (Lipinski definition) is 1. The average Bonchev–Trinajstić information content (AvgIpc) is 2.51. The van der Waals surface area contributed by atoms with Gasteiger partial charge in [0.25, 0.3) is 0 Å². The number of para-hydroxylation sites is 2. The second kappa shape index (κ2) is 7.82. The highest BCUT2D eigenvalue weighted by Crippen LogP contribution is 2.30. The maximum absolute atomic E-state index is 12.3. The lowest BCUT2D eigenvalue weighted by Crippen LogP contribution is -2.47. The molecule has 7 heteroatoms. The van der Waals surface area contributed by atoms with Crippen molar-refractivity contribution in [2.24, 2.45) is 0 Å². The van der Waals surface area contributed by atoms with E-state index >= 15 is 0 Å². The van der Waals surface area contributed by atoms with Crippen molar-refractivity contribution in [2.75, 3.05) is 39.8 Å². The predicted molar refractivity (Wildman–Crippen MR) is 83.7 cm³/mol. The predicted octanol–water partition coefficient (Wildman–Crippen LogP) is 0.691. The molecule has 2 rings (SSSR count). The summed E-state index contributed by atoms with van der Waals surface area (Å²) in [6.07, 6.45) is -0.237. The Hall–Kier alpha value is -2.28. The van der Waals surface area contributed by atoms with Crippen LogP contribution in [-0.4, -0.2) is 72.7 Å². The Balaban J connectivity index is 1.90. The van der Waals surface area contributed by atoms with Gasteiger partial charge in [-0.2, -0.15) is 0 Å². The van der Waals surface area contributed by atoms with Crippen molar-refractivity contribution in [3.05, 3.63) is 24.3 Å². The summed E-state index contributed by atoms with van der Waals surface area (Å²) in [5.41, 5.74) is 0. The van der Waals surface area contributed by atoms with E-state index in [9.17, 15) is 9.59 Å². The van der Waals surface area contributed by atoms with E-state index < -0.39 is 5.97 Å². The Morgan fingerprint density at radius 3 is 2.61 bits per heavy atom. The van der Waals surface area contributed by atoms with Gasteiger partial charge in [0.1, 0.15) is 6.61 Å². The van der Waals surface area contributed by atoms with Gasteiger partial charge in [-0.15, -0.1) is 0 Å². The Labute approximate surface area is 135 Å². The summed E-state index contributed by atoms with van der Waals surface area (Å²) in [7, 11) is 1.61. The van der Waals surface area contributed by atoms with Crippen LogP contribution >= 0.6 is 0 Å². The number of amides is 1. The first-order valence-electron chi connectivity index (χ1n) is 7.56. The van der Waals surface area contributed by atoms with Gasteiger partial charge in [0.05, 0.1) is 19.6 Å². The number of hydrogen-bond acceptors (Lipinski definition) is 5. The molecule has 1 aromatic rings. The average molecular weight is 322 g/mol. The number of benzene rings is 1. The molecule has 0 bridgehead atoms. The Kier molecular flexibility index (Phi) is 5.81. The van der Waals surface area contributed by atoms with Crippen LogP contribution < -0.4 is 9.47 Å². The van der Waals surface area contributed by atoms with Gasteiger partial charge in [-0.1, -0.05) is 12.1 Å². The molecule has 0 spiro atoms. The van der Waals surface area contributed by atoms with E-state index in [2.05, 4.69) is 0 Å². The highest BCUT2D eigenvalue weighted by molar-refractivity contribution is 5.79. The molecule has 0 fully saturated rings. The highest BCUT2D eigenvalue weighted by atomic mass is 16.6. The van der Waals surface area contributed by atoms with Crippen LogP contribution in [0.5, 0.6) is 11.5 Å². The van der Waals surface area contributed by atoms with E-state index in [4.69, 9.17) is 14.6 Å². The first-order chi connectivity index (χ1) is 11.0. The smallest absolute Gasteiger partial charge is 0.317 e. The normalized spacial score (nSPS) is 16.2. The third-order valence-electron chi connectivity index (χ3n) is 3.54. The van der Waals surface area contributed by atoms with Gasteiger partial charge in [-0.05, 0) is 26.1 Å². The van der Waals surface area contributed by atoms with Crippen LogP contribution in [0.4, 0.5) is 0 Å². The first-order valence-corrected chi connectivity index (χ1v) is 7.56. The molecule has 23 heavy (non-hydrogen) atoms. The van der Waals surface area contributed by atoms with E-state index in [1.165, 1.54) is 4.90 Å². The summed E-state index contributed by atoms with van der Waals surface area (Å²) in [4.78, 5) is 26.1. The third-order valence-corrected chi connectivity index (χ3v) is 3.54. The fraction of sp³-hybridized carbons (Fsp3) is 0.500. The van der Waals surface area contributed by atoms with Crippen molar-refractivity contribution >= 4 is 11.9 Å². The lowest BCUT2D eigenvalue weighted by atomic mass is 10.2. The van der Waals surface area contributed by atoms with Gasteiger partial charge in [0, 0.05) is 6.54 Å². The standard InChI is InChI=1S/C16H22N2O5/c1-3-18(15(19)9-17(2)10-16(20)21)8-12-11-22-13-6-4-5-7-14(13)23-12/h4-7,12H,3,8-11H2,1-2H3,(H,20,21). The minimum atomic E-state index is -0.955. The van der Waals surface area contributed by atoms with E-state index in [1.54, 1.807) is 11.9 Å². The maximum atomic E-state index is 12.3. The second-order valence-electron chi connectivity index (χ2n) is 5.50. The Morgan fingerprint density at radius 2 is 1.96 bits per heavy atom. The van der Waals surface area contributed by atoms with Crippen LogP contribution in [0.2, 0.25) is 0 Å². The number of nitrogens with zero attached hydrogens (tertiary/aromatic N) is 2. The van der Waals surface area contributed by atoms with Crippen LogP contribution in [-0.2, 0) is 9.59 Å². The highest BCUT2D eigenvalue weighted by Gasteiger charge is 2.25. The maximum Gasteiger partial charge on any atom is 0.317 e. The molecule has 1 aromatic carbocycles. The van der Waals surface area contributed by atoms with Crippen molar-refractivity contribution in [2.45, 2.75) is 13.0 Å². The molecule has 0 radical (unpaired) electrons. The van der Waals surface area contributed by atoms with E-state index in [-0.39, 0.29) is 25.1 Å². The third kappa shape index (κ3) is 4.85. The molecule has 1 N–H and O–H groups in total. The fourth-order valence-electron chi connectivity index (χ4n) is 2.42. The Morgan fingerprint density at radius 1 is 1.26 bits per heavy atom. The molecule has 1 amide bonds. The zero-order chi connectivity index (χ0) is 16.8. The van der Waals surface area contributed by atoms with Gasteiger partial charge in [0.2, 0.25) is 5.91 Å². The van der Waals surface area contributed by atoms with Gasteiger partial charge in [-0.25, -0.2) is 0 Å². The van der Waals surface area contributed by atoms with Crippen molar-refractivity contribution < 1.29 is 24.2 Å². The lowest BCUT2D eigenvalue weighted by Gasteiger charge is -2.31. The van der Waals surface area contributed by atoms with Crippen LogP contribution in [0.25, 0.3) is 0 Å². The zero-order valence-corrected chi connectivity index (χ0v) is 13.4. The number of ether oxygens (including phenoxy) is 2. The van der Waals surface area contributed by atoms with Crippen molar-refractivity contribution in [1.82, 2.24) is 9.80 Å².